The molecule has 0 saturated heterocycles. The van der Waals surface area contributed by atoms with E-state index in [2.05, 4.69) is 20.5 Å². The Labute approximate surface area is 167 Å². The van der Waals surface area contributed by atoms with Gasteiger partial charge in [-0.3, -0.25) is 14.6 Å². The van der Waals surface area contributed by atoms with E-state index in [0.29, 0.717) is 17.3 Å². The van der Waals surface area contributed by atoms with Gasteiger partial charge >= 0.3 is 0 Å². The lowest BCUT2D eigenvalue weighted by molar-refractivity contribution is -0.113. The molecule has 0 aliphatic heterocycles. The molecule has 2 aromatic carbocycles. The fraction of sp³-hybridized carbons (Fsp3) is 0.238. The third kappa shape index (κ3) is 5.29. The van der Waals surface area contributed by atoms with Crippen molar-refractivity contribution in [3.63, 3.8) is 0 Å². The summed E-state index contributed by atoms with van der Waals surface area (Å²) in [5, 5.41) is 11.2. The van der Waals surface area contributed by atoms with Crippen LogP contribution in [0.25, 0.3) is 0 Å². The van der Waals surface area contributed by atoms with Gasteiger partial charge in [0.25, 0.3) is 5.56 Å². The molecule has 6 nitrogen and oxygen atoms in total. The molecule has 0 atom stereocenters. The van der Waals surface area contributed by atoms with Crippen LogP contribution in [0.5, 0.6) is 0 Å². The van der Waals surface area contributed by atoms with E-state index in [-0.39, 0.29) is 17.2 Å². The fourth-order valence-electron chi connectivity index (χ4n) is 2.58. The third-order valence-corrected chi connectivity index (χ3v) is 5.23. The zero-order valence-electron chi connectivity index (χ0n) is 16.1. The number of thioether (sulfide) groups is 1. The Balaban J connectivity index is 1.58. The monoisotopic (exact) mass is 394 g/mol. The first-order valence-electron chi connectivity index (χ1n) is 8.92. The molecule has 0 unspecified atom stereocenters. The number of aryl methyl sites for hydroxylation is 3. The quantitative estimate of drug-likeness (QED) is 0.626. The van der Waals surface area contributed by atoms with E-state index in [0.717, 1.165) is 34.1 Å². The minimum atomic E-state index is -0.285. The zero-order valence-corrected chi connectivity index (χ0v) is 16.9. The molecule has 0 bridgehead atoms. The number of anilines is 1. The summed E-state index contributed by atoms with van der Waals surface area (Å²) in [5.41, 5.74) is 5.27. The smallest absolute Gasteiger partial charge is 0.273 e. The normalized spacial score (nSPS) is 10.7. The molecule has 1 amide bonds. The highest BCUT2D eigenvalue weighted by Gasteiger charge is 2.09. The van der Waals surface area contributed by atoms with Gasteiger partial charge in [0.2, 0.25) is 5.91 Å². The number of H-pyrrole nitrogens is 1. The van der Waals surface area contributed by atoms with Gasteiger partial charge in [-0.1, -0.05) is 47.7 Å². The van der Waals surface area contributed by atoms with Gasteiger partial charge in [0.05, 0.1) is 5.75 Å². The van der Waals surface area contributed by atoms with Gasteiger partial charge in [-0.25, -0.2) is 0 Å². The number of aromatic amines is 1. The minimum absolute atomic E-state index is 0.134. The van der Waals surface area contributed by atoms with E-state index < -0.39 is 0 Å². The lowest BCUT2D eigenvalue weighted by Crippen LogP contribution is -2.19. The molecule has 0 fully saturated rings. The highest BCUT2D eigenvalue weighted by Crippen LogP contribution is 2.16. The van der Waals surface area contributed by atoms with Crippen LogP contribution in [0, 0.1) is 20.8 Å². The van der Waals surface area contributed by atoms with E-state index in [1.54, 1.807) is 0 Å². The number of amides is 1. The molecule has 3 aromatic rings. The van der Waals surface area contributed by atoms with E-state index in [9.17, 15) is 9.59 Å². The second kappa shape index (κ2) is 8.84. The molecule has 3 rings (SSSR count). The van der Waals surface area contributed by atoms with Crippen LogP contribution in [0.4, 0.5) is 5.69 Å². The first-order valence-corrected chi connectivity index (χ1v) is 9.90. The van der Waals surface area contributed by atoms with Crippen LogP contribution in [-0.4, -0.2) is 26.8 Å². The summed E-state index contributed by atoms with van der Waals surface area (Å²) in [7, 11) is 0. The number of benzene rings is 2. The Hall–Kier alpha value is -2.93. The van der Waals surface area contributed by atoms with Gasteiger partial charge in [-0.05, 0) is 49.6 Å². The van der Waals surface area contributed by atoms with Crippen molar-refractivity contribution in [3.8, 4) is 0 Å². The maximum atomic E-state index is 12.2. The molecule has 28 heavy (non-hydrogen) atoms. The molecule has 0 radical (unpaired) electrons. The van der Waals surface area contributed by atoms with E-state index in [1.165, 1.54) is 5.56 Å². The van der Waals surface area contributed by atoms with Crippen molar-refractivity contribution in [2.75, 3.05) is 11.1 Å². The number of carbonyl (C=O) groups excluding carboxylic acids is 1. The van der Waals surface area contributed by atoms with Crippen molar-refractivity contribution in [2.24, 2.45) is 0 Å². The molecule has 0 aliphatic carbocycles. The van der Waals surface area contributed by atoms with Crippen LogP contribution in [0.1, 0.15) is 27.9 Å². The first-order chi connectivity index (χ1) is 13.4. The van der Waals surface area contributed by atoms with Crippen LogP contribution in [0.3, 0.4) is 0 Å². The third-order valence-electron chi connectivity index (χ3n) is 4.37. The van der Waals surface area contributed by atoms with Gasteiger partial charge in [0.15, 0.2) is 5.16 Å². The summed E-state index contributed by atoms with van der Waals surface area (Å²) < 4.78 is 0. The molecule has 7 heteroatoms. The van der Waals surface area contributed by atoms with Crippen molar-refractivity contribution >= 4 is 23.4 Å². The number of aromatic nitrogens is 3. The maximum Gasteiger partial charge on any atom is 0.273 e. The number of rotatable bonds is 6. The maximum absolute atomic E-state index is 12.2. The van der Waals surface area contributed by atoms with Gasteiger partial charge in [-0.15, -0.1) is 10.2 Å². The lowest BCUT2D eigenvalue weighted by Gasteiger charge is -2.07. The zero-order chi connectivity index (χ0) is 20.1. The molecule has 0 aliphatic rings. The number of hydrogen-bond donors (Lipinski definition) is 2. The first kappa shape index (κ1) is 19.8. The molecule has 0 saturated carbocycles. The summed E-state index contributed by atoms with van der Waals surface area (Å²) in [5.74, 6) is -0.0332. The molecule has 144 valence electrons. The Morgan fingerprint density at radius 3 is 2.46 bits per heavy atom. The number of nitrogens with zero attached hydrogens (tertiary/aromatic N) is 2. The Morgan fingerprint density at radius 1 is 1.04 bits per heavy atom. The standard InChI is InChI=1S/C21H22N4O2S/c1-13-4-7-16(8-5-13)11-18-20(27)23-21(25-24-18)28-12-19(26)22-17-9-6-14(2)15(3)10-17/h4-10H,11-12H2,1-3H3,(H,22,26)(H,23,25,27). The number of hydrogen-bond acceptors (Lipinski definition) is 5. The van der Waals surface area contributed by atoms with Crippen molar-refractivity contribution in [3.05, 3.63) is 80.8 Å². The average molecular weight is 395 g/mol. The van der Waals surface area contributed by atoms with Crippen LogP contribution < -0.4 is 10.9 Å². The second-order valence-electron chi connectivity index (χ2n) is 6.70. The second-order valence-corrected chi connectivity index (χ2v) is 7.67. The van der Waals surface area contributed by atoms with Gasteiger partial charge < -0.3 is 5.32 Å². The lowest BCUT2D eigenvalue weighted by atomic mass is 10.1. The highest BCUT2D eigenvalue weighted by molar-refractivity contribution is 7.99. The fourth-order valence-corrected chi connectivity index (χ4v) is 3.18. The van der Waals surface area contributed by atoms with E-state index in [4.69, 9.17) is 0 Å². The summed E-state index contributed by atoms with van der Waals surface area (Å²) in [6.45, 7) is 6.03. The molecule has 0 spiro atoms. The molecular weight excluding hydrogens is 372 g/mol. The summed E-state index contributed by atoms with van der Waals surface area (Å²) in [6.07, 6.45) is 0.417. The number of carbonyl (C=O) groups is 1. The van der Waals surface area contributed by atoms with E-state index in [1.807, 2.05) is 63.2 Å². The van der Waals surface area contributed by atoms with Crippen molar-refractivity contribution in [2.45, 2.75) is 32.3 Å². The van der Waals surface area contributed by atoms with Crippen LogP contribution in [0.2, 0.25) is 0 Å². The van der Waals surface area contributed by atoms with Crippen LogP contribution in [0.15, 0.2) is 52.4 Å². The van der Waals surface area contributed by atoms with Crippen molar-refractivity contribution < 1.29 is 4.79 Å². The highest BCUT2D eigenvalue weighted by atomic mass is 32.2. The summed E-state index contributed by atoms with van der Waals surface area (Å²) in [4.78, 5) is 27.1. The largest absolute Gasteiger partial charge is 0.325 e. The summed E-state index contributed by atoms with van der Waals surface area (Å²) in [6, 6.07) is 13.7. The van der Waals surface area contributed by atoms with Crippen molar-refractivity contribution in [1.82, 2.24) is 15.2 Å². The predicted octanol–water partition coefficient (Wildman–Crippen LogP) is 3.41. The Kier molecular flexibility index (Phi) is 6.26. The number of nitrogens with one attached hydrogen (secondary N) is 2. The predicted molar refractivity (Wildman–Crippen MR) is 112 cm³/mol. The Bertz CT molecular complexity index is 1050. The minimum Gasteiger partial charge on any atom is -0.325 e. The summed E-state index contributed by atoms with van der Waals surface area (Å²) >= 11 is 1.15. The van der Waals surface area contributed by atoms with Gasteiger partial charge in [-0.2, -0.15) is 0 Å². The van der Waals surface area contributed by atoms with Crippen LogP contribution >= 0.6 is 11.8 Å². The molecule has 1 heterocycles. The molecular formula is C21H22N4O2S. The average Bonchev–Trinajstić information content (AvgIpc) is 2.67. The van der Waals surface area contributed by atoms with Crippen LogP contribution in [-0.2, 0) is 11.2 Å². The van der Waals surface area contributed by atoms with E-state index >= 15 is 0 Å². The van der Waals surface area contributed by atoms with Gasteiger partial charge in [0, 0.05) is 12.1 Å². The van der Waals surface area contributed by atoms with Crippen molar-refractivity contribution in [1.29, 1.82) is 0 Å². The SMILES string of the molecule is Cc1ccc(Cc2nnc(SCC(=O)Nc3ccc(C)c(C)c3)[nH]c2=O)cc1. The topological polar surface area (TPSA) is 87.7 Å². The molecule has 2 N–H and O–H groups in total. The molecule has 1 aromatic heterocycles. The van der Waals surface area contributed by atoms with Gasteiger partial charge in [0.1, 0.15) is 5.69 Å². The Morgan fingerprint density at radius 2 is 1.79 bits per heavy atom.